The summed E-state index contributed by atoms with van der Waals surface area (Å²) in [6.45, 7) is 5.05. The molecule has 4 heteroatoms. The van der Waals surface area contributed by atoms with Crippen LogP contribution in [0.3, 0.4) is 0 Å². The lowest BCUT2D eigenvalue weighted by Gasteiger charge is -2.10. The Hall–Kier alpha value is -2.10. The lowest BCUT2D eigenvalue weighted by Crippen LogP contribution is -2.18. The number of nitrogens with zero attached hydrogens (tertiary/aromatic N) is 1. The second-order valence-corrected chi connectivity index (χ2v) is 4.90. The van der Waals surface area contributed by atoms with Gasteiger partial charge in [0.2, 0.25) is 0 Å². The molecule has 1 heterocycles. The fraction of sp³-hybridized carbons (Fsp3) is 0.312. The number of hydrogen-bond donors (Lipinski definition) is 1. The summed E-state index contributed by atoms with van der Waals surface area (Å²) in [7, 11) is 0. The van der Waals surface area contributed by atoms with Crippen LogP contribution in [0.15, 0.2) is 41.3 Å². The van der Waals surface area contributed by atoms with Crippen LogP contribution < -0.4 is 10.9 Å². The second kappa shape index (κ2) is 6.37. The lowest BCUT2D eigenvalue weighted by atomic mass is 10.1. The van der Waals surface area contributed by atoms with Gasteiger partial charge in [-0.25, -0.2) is 4.39 Å². The number of aryl methyl sites for hydroxylation is 2. The zero-order chi connectivity index (χ0) is 14.5. The molecule has 1 aromatic carbocycles. The van der Waals surface area contributed by atoms with Gasteiger partial charge in [0.1, 0.15) is 5.82 Å². The van der Waals surface area contributed by atoms with Crippen LogP contribution in [0.1, 0.15) is 24.5 Å². The van der Waals surface area contributed by atoms with E-state index in [4.69, 9.17) is 0 Å². The van der Waals surface area contributed by atoms with E-state index in [9.17, 15) is 9.18 Å². The van der Waals surface area contributed by atoms with Crippen LogP contribution in [0, 0.1) is 12.7 Å². The van der Waals surface area contributed by atoms with E-state index < -0.39 is 0 Å². The highest BCUT2D eigenvalue weighted by Gasteiger charge is 2.03. The van der Waals surface area contributed by atoms with Crippen LogP contribution in [0.4, 0.5) is 10.1 Å². The molecule has 0 spiro atoms. The molecule has 0 fully saturated rings. The van der Waals surface area contributed by atoms with Crippen molar-refractivity contribution >= 4 is 5.69 Å². The van der Waals surface area contributed by atoms with Gasteiger partial charge in [0.05, 0.1) is 5.69 Å². The summed E-state index contributed by atoms with van der Waals surface area (Å²) < 4.78 is 15.3. The van der Waals surface area contributed by atoms with E-state index in [-0.39, 0.29) is 11.4 Å². The summed E-state index contributed by atoms with van der Waals surface area (Å²) in [5.41, 5.74) is 2.45. The van der Waals surface area contributed by atoms with Gasteiger partial charge >= 0.3 is 0 Å². The van der Waals surface area contributed by atoms with Crippen molar-refractivity contribution in [3.63, 3.8) is 0 Å². The first-order chi connectivity index (χ1) is 9.60. The largest absolute Gasteiger partial charge is 0.380 e. The molecule has 106 valence electrons. The maximum Gasteiger partial charge on any atom is 0.250 e. The summed E-state index contributed by atoms with van der Waals surface area (Å²) >= 11 is 0. The average Bonchev–Trinajstić information content (AvgIpc) is 2.43. The molecule has 3 nitrogen and oxygen atoms in total. The molecule has 2 aromatic rings. The standard InChI is InChI=1S/C16H19FN2O/c1-3-8-19-11-14(5-7-16(19)20)18-10-13-9-12(2)4-6-15(13)17/h4-7,9,11,18H,3,8,10H2,1-2H3. The van der Waals surface area contributed by atoms with Gasteiger partial charge in [0, 0.05) is 30.9 Å². The molecular formula is C16H19FN2O. The molecule has 2 rings (SSSR count). The van der Waals surface area contributed by atoms with Gasteiger partial charge in [-0.15, -0.1) is 0 Å². The third-order valence-corrected chi connectivity index (χ3v) is 3.13. The SMILES string of the molecule is CCCn1cc(NCc2cc(C)ccc2F)ccc1=O. The topological polar surface area (TPSA) is 34.0 Å². The van der Waals surface area contributed by atoms with Gasteiger partial charge in [-0.1, -0.05) is 24.6 Å². The quantitative estimate of drug-likeness (QED) is 0.907. The minimum atomic E-state index is -0.218. The predicted octanol–water partition coefficient (Wildman–Crippen LogP) is 3.32. The Morgan fingerprint density at radius 2 is 2.05 bits per heavy atom. The number of halogens is 1. The van der Waals surface area contributed by atoms with E-state index in [2.05, 4.69) is 5.32 Å². The third-order valence-electron chi connectivity index (χ3n) is 3.13. The molecule has 0 saturated heterocycles. The fourth-order valence-electron chi connectivity index (χ4n) is 2.09. The Balaban J connectivity index is 2.12. The summed E-state index contributed by atoms with van der Waals surface area (Å²) in [5, 5.41) is 3.16. The highest BCUT2D eigenvalue weighted by atomic mass is 19.1. The fourth-order valence-corrected chi connectivity index (χ4v) is 2.09. The Kier molecular flexibility index (Phi) is 4.56. The molecule has 1 N–H and O–H groups in total. The van der Waals surface area contributed by atoms with Crippen molar-refractivity contribution in [2.75, 3.05) is 5.32 Å². The number of benzene rings is 1. The number of nitrogens with one attached hydrogen (secondary N) is 1. The molecule has 0 saturated carbocycles. The van der Waals surface area contributed by atoms with Gasteiger partial charge in [-0.3, -0.25) is 4.79 Å². The van der Waals surface area contributed by atoms with E-state index in [1.807, 2.05) is 19.9 Å². The lowest BCUT2D eigenvalue weighted by molar-refractivity contribution is 0.612. The number of rotatable bonds is 5. The zero-order valence-electron chi connectivity index (χ0n) is 11.8. The summed E-state index contributed by atoms with van der Waals surface area (Å²) in [5.74, 6) is -0.218. The molecule has 1 aromatic heterocycles. The Morgan fingerprint density at radius 1 is 1.25 bits per heavy atom. The number of aromatic nitrogens is 1. The number of anilines is 1. The molecule has 0 amide bonds. The maximum absolute atomic E-state index is 13.6. The average molecular weight is 274 g/mol. The van der Waals surface area contributed by atoms with Gasteiger partial charge in [-0.05, 0) is 25.5 Å². The van der Waals surface area contributed by atoms with Crippen LogP contribution in [-0.4, -0.2) is 4.57 Å². The van der Waals surface area contributed by atoms with E-state index >= 15 is 0 Å². The van der Waals surface area contributed by atoms with Crippen LogP contribution in [0.25, 0.3) is 0 Å². The third kappa shape index (κ3) is 3.47. The van der Waals surface area contributed by atoms with Crippen LogP contribution >= 0.6 is 0 Å². The number of pyridine rings is 1. The van der Waals surface area contributed by atoms with E-state index in [1.165, 1.54) is 12.1 Å². The van der Waals surface area contributed by atoms with Crippen molar-refractivity contribution in [3.8, 4) is 0 Å². The normalized spacial score (nSPS) is 10.6. The first-order valence-electron chi connectivity index (χ1n) is 6.79. The zero-order valence-corrected chi connectivity index (χ0v) is 11.8. The summed E-state index contributed by atoms with van der Waals surface area (Å²) in [4.78, 5) is 11.6. The van der Waals surface area contributed by atoms with Crippen molar-refractivity contribution in [2.24, 2.45) is 0 Å². The summed E-state index contributed by atoms with van der Waals surface area (Å²) in [6.07, 6.45) is 2.68. The smallest absolute Gasteiger partial charge is 0.250 e. The van der Waals surface area contributed by atoms with Gasteiger partial charge in [0.15, 0.2) is 0 Å². The van der Waals surface area contributed by atoms with Gasteiger partial charge in [-0.2, -0.15) is 0 Å². The molecule has 0 aliphatic rings. The van der Waals surface area contributed by atoms with Crippen LogP contribution in [0.2, 0.25) is 0 Å². The van der Waals surface area contributed by atoms with Crippen molar-refractivity contribution < 1.29 is 4.39 Å². The van der Waals surface area contributed by atoms with E-state index in [0.717, 1.165) is 17.7 Å². The Bertz CT molecular complexity index is 649. The van der Waals surface area contributed by atoms with E-state index in [0.29, 0.717) is 18.7 Å². The molecule has 0 atom stereocenters. The molecule has 0 aliphatic carbocycles. The van der Waals surface area contributed by atoms with Crippen LogP contribution in [0.5, 0.6) is 0 Å². The second-order valence-electron chi connectivity index (χ2n) is 4.90. The Labute approximate surface area is 118 Å². The number of hydrogen-bond acceptors (Lipinski definition) is 2. The molecule has 0 aliphatic heterocycles. The highest BCUT2D eigenvalue weighted by Crippen LogP contribution is 2.12. The van der Waals surface area contributed by atoms with Gasteiger partial charge < -0.3 is 9.88 Å². The highest BCUT2D eigenvalue weighted by molar-refractivity contribution is 5.41. The molecular weight excluding hydrogens is 255 g/mol. The first-order valence-corrected chi connectivity index (χ1v) is 6.79. The first kappa shape index (κ1) is 14.3. The monoisotopic (exact) mass is 274 g/mol. The molecule has 20 heavy (non-hydrogen) atoms. The minimum absolute atomic E-state index is 0.0147. The van der Waals surface area contributed by atoms with Crippen molar-refractivity contribution in [2.45, 2.75) is 33.4 Å². The molecule has 0 unspecified atom stereocenters. The molecule has 0 bridgehead atoms. The van der Waals surface area contributed by atoms with E-state index in [1.54, 1.807) is 22.9 Å². The summed E-state index contributed by atoms with van der Waals surface area (Å²) in [6, 6.07) is 8.31. The van der Waals surface area contributed by atoms with Gasteiger partial charge in [0.25, 0.3) is 5.56 Å². The van der Waals surface area contributed by atoms with Crippen LogP contribution in [-0.2, 0) is 13.1 Å². The minimum Gasteiger partial charge on any atom is -0.380 e. The van der Waals surface area contributed by atoms with Crippen molar-refractivity contribution in [1.29, 1.82) is 0 Å². The predicted molar refractivity (Wildman–Crippen MR) is 79.5 cm³/mol. The Morgan fingerprint density at radius 3 is 2.80 bits per heavy atom. The molecule has 0 radical (unpaired) electrons. The van der Waals surface area contributed by atoms with Crippen molar-refractivity contribution in [3.05, 3.63) is 63.8 Å². The van der Waals surface area contributed by atoms with Crippen molar-refractivity contribution in [1.82, 2.24) is 4.57 Å². The maximum atomic E-state index is 13.6.